The van der Waals surface area contributed by atoms with Crippen molar-refractivity contribution in [3.63, 3.8) is 0 Å². The summed E-state index contributed by atoms with van der Waals surface area (Å²) in [6, 6.07) is 2.78. The third-order valence-corrected chi connectivity index (χ3v) is 2.82. The fourth-order valence-corrected chi connectivity index (χ4v) is 1.88. The summed E-state index contributed by atoms with van der Waals surface area (Å²) in [5.41, 5.74) is 0.0704. The standard InChI is InChI=1S/C11H15N3O3/c1-17-9-6-12-5-8(9)14-11(16)7-2-3-13-10(15)4-7/h2-4,8-9,12H,5-6H2,1H3,(H,13,15)(H,14,16)/t8?,9-/m0/s1. The van der Waals surface area contributed by atoms with Crippen LogP contribution in [-0.2, 0) is 4.74 Å². The molecule has 2 heterocycles. The molecule has 0 bridgehead atoms. The zero-order chi connectivity index (χ0) is 12.3. The maximum atomic E-state index is 11.9. The number of ether oxygens (including phenoxy) is 1. The maximum Gasteiger partial charge on any atom is 0.251 e. The van der Waals surface area contributed by atoms with E-state index in [4.69, 9.17) is 4.74 Å². The topological polar surface area (TPSA) is 83.2 Å². The number of aromatic amines is 1. The van der Waals surface area contributed by atoms with Crippen LogP contribution < -0.4 is 16.2 Å². The van der Waals surface area contributed by atoms with Crippen molar-refractivity contribution in [2.24, 2.45) is 0 Å². The normalized spacial score (nSPS) is 23.6. The smallest absolute Gasteiger partial charge is 0.251 e. The highest BCUT2D eigenvalue weighted by atomic mass is 16.5. The Balaban J connectivity index is 2.04. The second-order valence-electron chi connectivity index (χ2n) is 3.95. The average Bonchev–Trinajstić information content (AvgIpc) is 2.76. The van der Waals surface area contributed by atoms with Gasteiger partial charge in [0, 0.05) is 38.0 Å². The van der Waals surface area contributed by atoms with E-state index in [0.717, 1.165) is 6.54 Å². The van der Waals surface area contributed by atoms with E-state index in [1.54, 1.807) is 13.2 Å². The molecular formula is C11H15N3O3. The first-order chi connectivity index (χ1) is 8.20. The molecule has 17 heavy (non-hydrogen) atoms. The number of nitrogens with one attached hydrogen (secondary N) is 3. The van der Waals surface area contributed by atoms with E-state index in [2.05, 4.69) is 15.6 Å². The van der Waals surface area contributed by atoms with Crippen molar-refractivity contribution in [1.29, 1.82) is 0 Å². The van der Waals surface area contributed by atoms with Crippen LogP contribution in [0.25, 0.3) is 0 Å². The van der Waals surface area contributed by atoms with Crippen molar-refractivity contribution < 1.29 is 9.53 Å². The van der Waals surface area contributed by atoms with E-state index >= 15 is 0 Å². The maximum absolute atomic E-state index is 11.9. The lowest BCUT2D eigenvalue weighted by Crippen LogP contribution is -2.43. The quantitative estimate of drug-likeness (QED) is 0.635. The third-order valence-electron chi connectivity index (χ3n) is 2.82. The third kappa shape index (κ3) is 2.72. The van der Waals surface area contributed by atoms with Crippen LogP contribution in [0.2, 0.25) is 0 Å². The number of carbonyl (C=O) groups excluding carboxylic acids is 1. The zero-order valence-corrected chi connectivity index (χ0v) is 9.53. The van der Waals surface area contributed by atoms with E-state index in [-0.39, 0.29) is 23.6 Å². The van der Waals surface area contributed by atoms with Crippen LogP contribution in [0.5, 0.6) is 0 Å². The largest absolute Gasteiger partial charge is 0.378 e. The molecule has 1 amide bonds. The van der Waals surface area contributed by atoms with Gasteiger partial charge in [0.05, 0.1) is 12.1 Å². The second-order valence-corrected chi connectivity index (χ2v) is 3.95. The summed E-state index contributed by atoms with van der Waals surface area (Å²) >= 11 is 0. The van der Waals surface area contributed by atoms with Gasteiger partial charge in [0.15, 0.2) is 0 Å². The number of rotatable bonds is 3. The molecule has 92 valence electrons. The van der Waals surface area contributed by atoms with Gasteiger partial charge in [-0.2, -0.15) is 0 Å². The molecule has 1 unspecified atom stereocenters. The van der Waals surface area contributed by atoms with Crippen molar-refractivity contribution >= 4 is 5.91 Å². The van der Waals surface area contributed by atoms with Crippen LogP contribution in [-0.4, -0.2) is 43.2 Å². The number of aromatic nitrogens is 1. The summed E-state index contributed by atoms with van der Waals surface area (Å²) in [5.74, 6) is -0.258. The number of amides is 1. The van der Waals surface area contributed by atoms with Crippen LogP contribution in [0.3, 0.4) is 0 Å². The van der Waals surface area contributed by atoms with Crippen LogP contribution in [0.15, 0.2) is 23.1 Å². The molecule has 0 saturated carbocycles. The molecule has 0 radical (unpaired) electrons. The van der Waals surface area contributed by atoms with Gasteiger partial charge in [0.1, 0.15) is 0 Å². The van der Waals surface area contributed by atoms with Crippen molar-refractivity contribution in [2.75, 3.05) is 20.2 Å². The van der Waals surface area contributed by atoms with E-state index < -0.39 is 0 Å². The Bertz CT molecular complexity index is 457. The fraction of sp³-hybridized carbons (Fsp3) is 0.455. The van der Waals surface area contributed by atoms with Gasteiger partial charge in [0.2, 0.25) is 5.56 Å². The summed E-state index contributed by atoms with van der Waals surface area (Å²) in [7, 11) is 1.62. The molecule has 6 heteroatoms. The Morgan fingerprint density at radius 3 is 3.06 bits per heavy atom. The molecule has 1 aromatic rings. The van der Waals surface area contributed by atoms with E-state index in [1.165, 1.54) is 12.3 Å². The van der Waals surface area contributed by atoms with E-state index in [9.17, 15) is 9.59 Å². The molecule has 0 aromatic carbocycles. The molecule has 0 spiro atoms. The van der Waals surface area contributed by atoms with Crippen molar-refractivity contribution in [2.45, 2.75) is 12.1 Å². The van der Waals surface area contributed by atoms with Crippen LogP contribution in [0, 0.1) is 0 Å². The Labute approximate surface area is 98.4 Å². The Morgan fingerprint density at radius 1 is 1.53 bits per heavy atom. The highest BCUT2D eigenvalue weighted by Gasteiger charge is 2.28. The monoisotopic (exact) mass is 237 g/mol. The first-order valence-corrected chi connectivity index (χ1v) is 5.44. The number of methoxy groups -OCH3 is 1. The molecule has 1 fully saturated rings. The summed E-state index contributed by atoms with van der Waals surface area (Å²) in [4.78, 5) is 25.4. The van der Waals surface area contributed by atoms with Crippen molar-refractivity contribution in [1.82, 2.24) is 15.6 Å². The molecule has 1 aliphatic heterocycles. The minimum Gasteiger partial charge on any atom is -0.378 e. The number of hydrogen-bond acceptors (Lipinski definition) is 4. The minimum atomic E-state index is -0.287. The van der Waals surface area contributed by atoms with E-state index in [1.807, 2.05) is 0 Å². The Hall–Kier alpha value is -1.66. The number of pyridine rings is 1. The molecular weight excluding hydrogens is 222 g/mol. The predicted octanol–water partition coefficient (Wildman–Crippen LogP) is -0.908. The van der Waals surface area contributed by atoms with Gasteiger partial charge in [-0.3, -0.25) is 9.59 Å². The minimum absolute atomic E-state index is 0.0269. The Morgan fingerprint density at radius 2 is 2.35 bits per heavy atom. The first-order valence-electron chi connectivity index (χ1n) is 5.44. The van der Waals surface area contributed by atoms with Crippen LogP contribution in [0.1, 0.15) is 10.4 Å². The molecule has 0 aliphatic carbocycles. The molecule has 1 saturated heterocycles. The molecule has 1 aromatic heterocycles. The Kier molecular flexibility index (Phi) is 3.55. The summed E-state index contributed by atoms with van der Waals surface area (Å²) < 4.78 is 5.24. The lowest BCUT2D eigenvalue weighted by Gasteiger charge is -2.18. The summed E-state index contributed by atoms with van der Waals surface area (Å²) in [5, 5.41) is 5.98. The molecule has 6 nitrogen and oxygen atoms in total. The zero-order valence-electron chi connectivity index (χ0n) is 9.53. The SMILES string of the molecule is CO[C@H]1CNCC1NC(=O)c1cc[nH]c(=O)c1. The average molecular weight is 237 g/mol. The molecule has 3 N–H and O–H groups in total. The van der Waals surface area contributed by atoms with Gasteiger partial charge in [-0.05, 0) is 6.07 Å². The number of carbonyl (C=O) groups is 1. The van der Waals surface area contributed by atoms with Gasteiger partial charge in [-0.1, -0.05) is 0 Å². The summed E-state index contributed by atoms with van der Waals surface area (Å²) in [6.07, 6.45) is 1.43. The molecule has 2 atom stereocenters. The van der Waals surface area contributed by atoms with Crippen LogP contribution in [0.4, 0.5) is 0 Å². The lowest BCUT2D eigenvalue weighted by molar-refractivity contribution is 0.0779. The first kappa shape index (κ1) is 11.8. The second kappa shape index (κ2) is 5.11. The van der Waals surface area contributed by atoms with Crippen LogP contribution >= 0.6 is 0 Å². The molecule has 2 rings (SSSR count). The summed E-state index contributed by atoms with van der Waals surface area (Å²) in [6.45, 7) is 1.39. The van der Waals surface area contributed by atoms with Crippen molar-refractivity contribution in [3.8, 4) is 0 Å². The van der Waals surface area contributed by atoms with Crippen molar-refractivity contribution in [3.05, 3.63) is 34.2 Å². The number of hydrogen-bond donors (Lipinski definition) is 3. The highest BCUT2D eigenvalue weighted by molar-refractivity contribution is 5.94. The van der Waals surface area contributed by atoms with Gasteiger partial charge in [0.25, 0.3) is 5.91 Å². The van der Waals surface area contributed by atoms with Gasteiger partial charge in [-0.25, -0.2) is 0 Å². The van der Waals surface area contributed by atoms with Gasteiger partial charge < -0.3 is 20.4 Å². The number of H-pyrrole nitrogens is 1. The van der Waals surface area contributed by atoms with Gasteiger partial charge >= 0.3 is 0 Å². The molecule has 1 aliphatic rings. The lowest BCUT2D eigenvalue weighted by atomic mass is 10.2. The highest BCUT2D eigenvalue weighted by Crippen LogP contribution is 2.05. The van der Waals surface area contributed by atoms with E-state index in [0.29, 0.717) is 12.1 Å². The van der Waals surface area contributed by atoms with Gasteiger partial charge in [-0.15, -0.1) is 0 Å². The fourth-order valence-electron chi connectivity index (χ4n) is 1.88. The predicted molar refractivity (Wildman–Crippen MR) is 62.0 cm³/mol.